The number of rotatable bonds is 5. The molecule has 1 N–H and O–H groups in total. The zero-order valence-corrected chi connectivity index (χ0v) is 12.6. The lowest BCUT2D eigenvalue weighted by Gasteiger charge is -2.49. The van der Waals surface area contributed by atoms with Crippen molar-refractivity contribution in [3.8, 4) is 0 Å². The summed E-state index contributed by atoms with van der Waals surface area (Å²) in [5.41, 5.74) is 1.23. The molecule has 110 valence electrons. The maximum Gasteiger partial charge on any atom is 0.0544 e. The number of nitrogens with one attached hydrogen (secondary N) is 1. The van der Waals surface area contributed by atoms with Crippen molar-refractivity contribution in [1.82, 2.24) is 15.2 Å². The number of fused-ring (bicyclic) bond motifs is 2. The van der Waals surface area contributed by atoms with E-state index in [1.165, 1.54) is 50.8 Å². The van der Waals surface area contributed by atoms with Gasteiger partial charge in [0.1, 0.15) is 0 Å². The molecule has 2 aliphatic heterocycles. The Kier molecular flexibility index (Phi) is 4.69. The van der Waals surface area contributed by atoms with E-state index in [4.69, 9.17) is 0 Å². The summed E-state index contributed by atoms with van der Waals surface area (Å²) in [6, 6.07) is 8.54. The van der Waals surface area contributed by atoms with Crippen LogP contribution in [0.15, 0.2) is 24.4 Å². The predicted octanol–water partition coefficient (Wildman–Crippen LogP) is 2.97. The highest BCUT2D eigenvalue weighted by Gasteiger charge is 2.37. The van der Waals surface area contributed by atoms with E-state index in [1.807, 2.05) is 12.3 Å². The van der Waals surface area contributed by atoms with Gasteiger partial charge in [0.2, 0.25) is 0 Å². The van der Waals surface area contributed by atoms with Crippen molar-refractivity contribution < 1.29 is 0 Å². The van der Waals surface area contributed by atoms with Crippen molar-refractivity contribution >= 4 is 0 Å². The second-order valence-corrected chi connectivity index (χ2v) is 6.35. The summed E-state index contributed by atoms with van der Waals surface area (Å²) in [7, 11) is 0. The van der Waals surface area contributed by atoms with E-state index in [9.17, 15) is 0 Å². The second-order valence-electron chi connectivity index (χ2n) is 6.35. The largest absolute Gasteiger partial charge is 0.314 e. The highest BCUT2D eigenvalue weighted by Crippen LogP contribution is 2.34. The summed E-state index contributed by atoms with van der Waals surface area (Å²) in [6.07, 6.45) is 9.95. The quantitative estimate of drug-likeness (QED) is 0.894. The van der Waals surface area contributed by atoms with Crippen LogP contribution < -0.4 is 5.32 Å². The lowest BCUT2D eigenvalue weighted by molar-refractivity contribution is 0.0168. The fourth-order valence-corrected chi connectivity index (χ4v) is 3.93. The van der Waals surface area contributed by atoms with Crippen LogP contribution in [-0.2, 0) is 6.54 Å². The molecule has 3 heterocycles. The molecule has 0 radical (unpaired) electrons. The Morgan fingerprint density at radius 1 is 1.25 bits per heavy atom. The minimum atomic E-state index is 0.741. The number of hydrogen-bond acceptors (Lipinski definition) is 3. The van der Waals surface area contributed by atoms with Gasteiger partial charge in [0.15, 0.2) is 0 Å². The highest BCUT2D eigenvalue weighted by atomic mass is 15.2. The van der Waals surface area contributed by atoms with Crippen molar-refractivity contribution in [2.24, 2.45) is 0 Å². The smallest absolute Gasteiger partial charge is 0.0544 e. The van der Waals surface area contributed by atoms with Gasteiger partial charge in [-0.25, -0.2) is 0 Å². The maximum atomic E-state index is 4.51. The first kappa shape index (κ1) is 14.0. The Morgan fingerprint density at radius 3 is 2.70 bits per heavy atom. The van der Waals surface area contributed by atoms with Crippen LogP contribution in [-0.4, -0.2) is 34.6 Å². The molecule has 20 heavy (non-hydrogen) atoms. The zero-order valence-electron chi connectivity index (χ0n) is 12.6. The van der Waals surface area contributed by atoms with Crippen LogP contribution >= 0.6 is 0 Å². The predicted molar refractivity (Wildman–Crippen MR) is 82.5 cm³/mol. The van der Waals surface area contributed by atoms with Gasteiger partial charge in [-0.3, -0.25) is 9.88 Å². The number of hydrogen-bond donors (Lipinski definition) is 1. The molecule has 2 atom stereocenters. The fraction of sp³-hybridized carbons (Fsp3) is 0.706. The summed E-state index contributed by atoms with van der Waals surface area (Å²) in [6.45, 7) is 4.46. The first-order chi connectivity index (χ1) is 9.86. The van der Waals surface area contributed by atoms with Crippen molar-refractivity contribution in [1.29, 1.82) is 0 Å². The molecule has 3 rings (SSSR count). The Hall–Kier alpha value is -0.930. The second kappa shape index (κ2) is 6.68. The third kappa shape index (κ3) is 3.21. The molecule has 0 aliphatic carbocycles. The summed E-state index contributed by atoms with van der Waals surface area (Å²) < 4.78 is 0. The van der Waals surface area contributed by atoms with Crippen molar-refractivity contribution in [2.75, 3.05) is 6.54 Å². The van der Waals surface area contributed by atoms with Crippen LogP contribution in [0, 0.1) is 0 Å². The molecule has 0 saturated carbocycles. The summed E-state index contributed by atoms with van der Waals surface area (Å²) in [4.78, 5) is 7.24. The number of pyridine rings is 1. The molecule has 1 aromatic heterocycles. The topological polar surface area (TPSA) is 28.2 Å². The number of nitrogens with zero attached hydrogens (tertiary/aromatic N) is 2. The molecule has 2 bridgehead atoms. The van der Waals surface area contributed by atoms with Crippen LogP contribution in [0.2, 0.25) is 0 Å². The van der Waals surface area contributed by atoms with E-state index < -0.39 is 0 Å². The first-order valence-electron chi connectivity index (χ1n) is 8.26. The molecule has 1 aromatic rings. The van der Waals surface area contributed by atoms with E-state index in [0.29, 0.717) is 0 Å². The van der Waals surface area contributed by atoms with Gasteiger partial charge in [-0.15, -0.1) is 0 Å². The van der Waals surface area contributed by atoms with Crippen LogP contribution in [0.25, 0.3) is 0 Å². The maximum absolute atomic E-state index is 4.51. The summed E-state index contributed by atoms with van der Waals surface area (Å²) >= 11 is 0. The molecular formula is C17H27N3. The Morgan fingerprint density at radius 2 is 2.05 bits per heavy atom. The van der Waals surface area contributed by atoms with E-state index in [-0.39, 0.29) is 0 Å². The van der Waals surface area contributed by atoms with Gasteiger partial charge in [-0.05, 0) is 50.8 Å². The molecule has 0 aromatic carbocycles. The molecule has 2 saturated heterocycles. The average Bonchev–Trinajstić information content (AvgIpc) is 2.46. The molecule has 2 fully saturated rings. The van der Waals surface area contributed by atoms with Crippen LogP contribution in [0.1, 0.15) is 51.1 Å². The fourth-order valence-electron chi connectivity index (χ4n) is 3.93. The van der Waals surface area contributed by atoms with Gasteiger partial charge in [0.25, 0.3) is 0 Å². The van der Waals surface area contributed by atoms with Gasteiger partial charge in [-0.2, -0.15) is 0 Å². The van der Waals surface area contributed by atoms with E-state index in [0.717, 1.165) is 24.7 Å². The van der Waals surface area contributed by atoms with Crippen molar-refractivity contribution in [2.45, 2.75) is 70.1 Å². The van der Waals surface area contributed by atoms with Gasteiger partial charge in [0, 0.05) is 30.9 Å². The molecule has 2 aliphatic rings. The summed E-state index contributed by atoms with van der Waals surface area (Å²) in [5, 5.41) is 3.74. The lowest BCUT2D eigenvalue weighted by atomic mass is 9.81. The van der Waals surface area contributed by atoms with Crippen molar-refractivity contribution in [3.05, 3.63) is 30.1 Å². The third-order valence-electron chi connectivity index (χ3n) is 4.88. The van der Waals surface area contributed by atoms with Crippen molar-refractivity contribution in [3.63, 3.8) is 0 Å². The number of piperidine rings is 2. The molecular weight excluding hydrogens is 246 g/mol. The minimum absolute atomic E-state index is 0.741. The Balaban J connectivity index is 1.64. The van der Waals surface area contributed by atoms with Crippen LogP contribution in [0.4, 0.5) is 0 Å². The minimum Gasteiger partial charge on any atom is -0.314 e. The van der Waals surface area contributed by atoms with E-state index in [1.54, 1.807) is 0 Å². The molecule has 0 spiro atoms. The molecule has 3 nitrogen and oxygen atoms in total. The van der Waals surface area contributed by atoms with Crippen LogP contribution in [0.3, 0.4) is 0 Å². The highest BCUT2D eigenvalue weighted by molar-refractivity contribution is 5.06. The average molecular weight is 273 g/mol. The van der Waals surface area contributed by atoms with Gasteiger partial charge in [-0.1, -0.05) is 19.4 Å². The molecule has 0 amide bonds. The Labute approximate surface area is 122 Å². The lowest BCUT2D eigenvalue weighted by Crippen LogP contribution is -2.55. The zero-order chi connectivity index (χ0) is 13.8. The van der Waals surface area contributed by atoms with Gasteiger partial charge >= 0.3 is 0 Å². The monoisotopic (exact) mass is 273 g/mol. The van der Waals surface area contributed by atoms with Crippen LogP contribution in [0.5, 0.6) is 0 Å². The molecule has 3 heteroatoms. The van der Waals surface area contributed by atoms with E-state index in [2.05, 4.69) is 34.3 Å². The summed E-state index contributed by atoms with van der Waals surface area (Å²) in [5.74, 6) is 0. The third-order valence-corrected chi connectivity index (χ3v) is 4.88. The SMILES string of the molecule is CCCNC1CC2CCCC(C1)N2Cc1ccccn1. The standard InChI is InChI=1S/C17H27N3/c1-2-9-18-15-11-16-7-5-8-17(12-15)20(16)13-14-6-3-4-10-19-14/h3-4,6,10,15-18H,2,5,7-9,11-13H2,1H3. The van der Waals surface area contributed by atoms with Gasteiger partial charge < -0.3 is 5.32 Å². The van der Waals surface area contributed by atoms with Gasteiger partial charge in [0.05, 0.1) is 5.69 Å². The number of aromatic nitrogens is 1. The first-order valence-corrected chi connectivity index (χ1v) is 8.26. The normalized spacial score (nSPS) is 30.4. The molecule has 2 unspecified atom stereocenters. The Bertz CT molecular complexity index is 392. The van der Waals surface area contributed by atoms with E-state index >= 15 is 0 Å².